The number of aromatic nitrogens is 1. The maximum atomic E-state index is 6.08. The van der Waals surface area contributed by atoms with Gasteiger partial charge in [-0.1, -0.05) is 25.1 Å². The first-order valence-electron chi connectivity index (χ1n) is 7.16. The van der Waals surface area contributed by atoms with E-state index >= 15 is 0 Å². The minimum absolute atomic E-state index is 0.168. The largest absolute Gasteiger partial charge is 0.488 e. The predicted octanol–water partition coefficient (Wildman–Crippen LogP) is 4.01. The summed E-state index contributed by atoms with van der Waals surface area (Å²) in [5.41, 5.74) is 9.43. The normalized spacial score (nSPS) is 12.2. The van der Waals surface area contributed by atoms with Crippen LogP contribution in [0.5, 0.6) is 5.75 Å². The SMILES string of the molecule is CCC(N)Cc1cccc(C)c1OCc1cncc(Br)c1. The first kappa shape index (κ1) is 16.0. The van der Waals surface area contributed by atoms with E-state index in [1.165, 1.54) is 5.56 Å². The fourth-order valence-corrected chi connectivity index (χ4v) is 2.61. The highest BCUT2D eigenvalue weighted by molar-refractivity contribution is 9.10. The lowest BCUT2D eigenvalue weighted by Crippen LogP contribution is -2.21. The van der Waals surface area contributed by atoms with Crippen molar-refractivity contribution in [2.24, 2.45) is 5.73 Å². The van der Waals surface area contributed by atoms with Gasteiger partial charge in [0.1, 0.15) is 12.4 Å². The van der Waals surface area contributed by atoms with Gasteiger partial charge in [-0.25, -0.2) is 0 Å². The van der Waals surface area contributed by atoms with Gasteiger partial charge in [0.25, 0.3) is 0 Å². The standard InChI is InChI=1S/C17H21BrN2O/c1-3-16(19)8-14-6-4-5-12(2)17(14)21-11-13-7-15(18)10-20-9-13/h4-7,9-10,16H,3,8,11,19H2,1-2H3. The van der Waals surface area contributed by atoms with Crippen LogP contribution in [0.1, 0.15) is 30.0 Å². The van der Waals surface area contributed by atoms with Gasteiger partial charge in [0, 0.05) is 28.5 Å². The molecule has 21 heavy (non-hydrogen) atoms. The first-order valence-corrected chi connectivity index (χ1v) is 7.95. The smallest absolute Gasteiger partial charge is 0.125 e. The average Bonchev–Trinajstić information content (AvgIpc) is 2.46. The van der Waals surface area contributed by atoms with Gasteiger partial charge in [0.2, 0.25) is 0 Å². The third-order valence-electron chi connectivity index (χ3n) is 3.44. The lowest BCUT2D eigenvalue weighted by atomic mass is 10.0. The molecule has 1 heterocycles. The molecule has 2 rings (SSSR count). The van der Waals surface area contributed by atoms with Crippen LogP contribution in [0.25, 0.3) is 0 Å². The molecule has 0 fully saturated rings. The Balaban J connectivity index is 2.15. The van der Waals surface area contributed by atoms with Gasteiger partial charge in [-0.15, -0.1) is 0 Å². The van der Waals surface area contributed by atoms with Gasteiger partial charge < -0.3 is 10.5 Å². The summed E-state index contributed by atoms with van der Waals surface area (Å²) < 4.78 is 7.00. The number of pyridine rings is 1. The summed E-state index contributed by atoms with van der Waals surface area (Å²) in [6.45, 7) is 4.68. The topological polar surface area (TPSA) is 48.1 Å². The van der Waals surface area contributed by atoms with Crippen molar-refractivity contribution in [1.29, 1.82) is 0 Å². The lowest BCUT2D eigenvalue weighted by molar-refractivity contribution is 0.299. The van der Waals surface area contributed by atoms with E-state index in [1.54, 1.807) is 6.20 Å². The molecule has 1 unspecified atom stereocenters. The van der Waals surface area contributed by atoms with Crippen molar-refractivity contribution in [2.45, 2.75) is 39.3 Å². The summed E-state index contributed by atoms with van der Waals surface area (Å²) in [5, 5.41) is 0. The summed E-state index contributed by atoms with van der Waals surface area (Å²) in [6, 6.07) is 8.40. The molecule has 0 amide bonds. The zero-order valence-corrected chi connectivity index (χ0v) is 14.1. The Kier molecular flexibility index (Phi) is 5.76. The minimum Gasteiger partial charge on any atom is -0.488 e. The van der Waals surface area contributed by atoms with E-state index in [-0.39, 0.29) is 6.04 Å². The van der Waals surface area contributed by atoms with Crippen molar-refractivity contribution in [2.75, 3.05) is 0 Å². The molecule has 1 aromatic carbocycles. The molecule has 1 atom stereocenters. The lowest BCUT2D eigenvalue weighted by Gasteiger charge is -2.16. The number of hydrogen-bond acceptors (Lipinski definition) is 3. The van der Waals surface area contributed by atoms with E-state index in [1.807, 2.05) is 12.3 Å². The summed E-state index contributed by atoms with van der Waals surface area (Å²) in [4.78, 5) is 4.16. The Labute approximate surface area is 134 Å². The fraction of sp³-hybridized carbons (Fsp3) is 0.353. The van der Waals surface area contributed by atoms with Crippen LogP contribution >= 0.6 is 15.9 Å². The number of ether oxygens (including phenoxy) is 1. The Morgan fingerprint density at radius 1 is 1.33 bits per heavy atom. The fourth-order valence-electron chi connectivity index (χ4n) is 2.20. The number of aryl methyl sites for hydroxylation is 1. The van der Waals surface area contributed by atoms with E-state index in [0.717, 1.165) is 34.2 Å². The van der Waals surface area contributed by atoms with Crippen molar-refractivity contribution in [3.63, 3.8) is 0 Å². The molecular formula is C17H21BrN2O. The van der Waals surface area contributed by atoms with Crippen molar-refractivity contribution in [3.05, 3.63) is 57.8 Å². The number of nitrogens with two attached hydrogens (primary N) is 1. The molecule has 0 saturated carbocycles. The molecule has 0 bridgehead atoms. The van der Waals surface area contributed by atoms with Crippen molar-refractivity contribution in [3.8, 4) is 5.75 Å². The molecule has 4 heteroatoms. The minimum atomic E-state index is 0.168. The first-order chi connectivity index (χ1) is 10.1. The second-order valence-corrected chi connectivity index (χ2v) is 6.15. The molecule has 0 spiro atoms. The Bertz CT molecular complexity index is 601. The predicted molar refractivity (Wildman–Crippen MR) is 89.4 cm³/mol. The number of para-hydroxylation sites is 1. The molecule has 0 saturated heterocycles. The number of benzene rings is 1. The van der Waals surface area contributed by atoms with Crippen LogP contribution in [-0.2, 0) is 13.0 Å². The monoisotopic (exact) mass is 348 g/mol. The summed E-state index contributed by atoms with van der Waals surface area (Å²) in [5.74, 6) is 0.946. The molecule has 1 aromatic heterocycles. The summed E-state index contributed by atoms with van der Waals surface area (Å²) >= 11 is 3.42. The highest BCUT2D eigenvalue weighted by atomic mass is 79.9. The molecule has 0 radical (unpaired) electrons. The third-order valence-corrected chi connectivity index (χ3v) is 3.88. The molecule has 0 aliphatic rings. The van der Waals surface area contributed by atoms with Crippen LogP contribution in [0.3, 0.4) is 0 Å². The number of hydrogen-bond donors (Lipinski definition) is 1. The summed E-state index contributed by atoms with van der Waals surface area (Å²) in [7, 11) is 0. The Morgan fingerprint density at radius 2 is 2.14 bits per heavy atom. The van der Waals surface area contributed by atoms with E-state index in [4.69, 9.17) is 10.5 Å². The maximum Gasteiger partial charge on any atom is 0.125 e. The van der Waals surface area contributed by atoms with Crippen molar-refractivity contribution >= 4 is 15.9 Å². The van der Waals surface area contributed by atoms with Crippen LogP contribution in [-0.4, -0.2) is 11.0 Å². The molecule has 0 aliphatic heterocycles. The number of rotatable bonds is 6. The van der Waals surface area contributed by atoms with Gasteiger partial charge in [-0.2, -0.15) is 0 Å². The second-order valence-electron chi connectivity index (χ2n) is 5.24. The van der Waals surface area contributed by atoms with E-state index in [0.29, 0.717) is 6.61 Å². The van der Waals surface area contributed by atoms with Crippen LogP contribution in [0.2, 0.25) is 0 Å². The quantitative estimate of drug-likeness (QED) is 0.857. The van der Waals surface area contributed by atoms with Crippen LogP contribution < -0.4 is 10.5 Å². The van der Waals surface area contributed by atoms with Crippen LogP contribution in [0.4, 0.5) is 0 Å². The molecule has 3 nitrogen and oxygen atoms in total. The molecule has 2 N–H and O–H groups in total. The molecule has 112 valence electrons. The van der Waals surface area contributed by atoms with Crippen molar-refractivity contribution < 1.29 is 4.74 Å². The molecule has 0 aliphatic carbocycles. The number of nitrogens with zero attached hydrogens (tertiary/aromatic N) is 1. The van der Waals surface area contributed by atoms with E-state index < -0.39 is 0 Å². The van der Waals surface area contributed by atoms with Crippen LogP contribution in [0.15, 0.2) is 41.1 Å². The average molecular weight is 349 g/mol. The van der Waals surface area contributed by atoms with Gasteiger partial charge in [-0.3, -0.25) is 4.98 Å². The zero-order valence-electron chi connectivity index (χ0n) is 12.5. The van der Waals surface area contributed by atoms with Crippen LogP contribution in [0, 0.1) is 6.92 Å². The van der Waals surface area contributed by atoms with Gasteiger partial charge in [-0.05, 0) is 52.9 Å². The van der Waals surface area contributed by atoms with E-state index in [2.05, 4.69) is 53.0 Å². The molecule has 2 aromatic rings. The van der Waals surface area contributed by atoms with Gasteiger partial charge in [0.15, 0.2) is 0 Å². The Morgan fingerprint density at radius 3 is 2.86 bits per heavy atom. The van der Waals surface area contributed by atoms with Gasteiger partial charge in [0.05, 0.1) is 0 Å². The van der Waals surface area contributed by atoms with Gasteiger partial charge >= 0.3 is 0 Å². The second kappa shape index (κ2) is 7.57. The van der Waals surface area contributed by atoms with E-state index in [9.17, 15) is 0 Å². The summed E-state index contributed by atoms with van der Waals surface area (Å²) in [6.07, 6.45) is 5.39. The zero-order chi connectivity index (χ0) is 15.2. The highest BCUT2D eigenvalue weighted by Gasteiger charge is 2.10. The highest BCUT2D eigenvalue weighted by Crippen LogP contribution is 2.26. The molecular weight excluding hydrogens is 328 g/mol. The third kappa shape index (κ3) is 4.55. The maximum absolute atomic E-state index is 6.08. The van der Waals surface area contributed by atoms with Crippen molar-refractivity contribution in [1.82, 2.24) is 4.98 Å². The Hall–Kier alpha value is -1.39. The number of halogens is 1.